The van der Waals surface area contributed by atoms with Gasteiger partial charge in [0.25, 0.3) is 11.7 Å². The van der Waals surface area contributed by atoms with Crippen LogP contribution in [0.5, 0.6) is 0 Å². The number of nitrogens with one attached hydrogen (secondary N) is 2. The molecule has 2 saturated heterocycles. The average molecular weight is 248 g/mol. The van der Waals surface area contributed by atoms with E-state index in [0.717, 1.165) is 19.3 Å². The van der Waals surface area contributed by atoms with Gasteiger partial charge >= 0.3 is 0 Å². The number of rotatable bonds is 3. The number of hydrogen-bond acceptors (Lipinski definition) is 5. The van der Waals surface area contributed by atoms with Crippen LogP contribution in [-0.2, 0) is 0 Å². The van der Waals surface area contributed by atoms with Gasteiger partial charge in [-0.05, 0) is 32.1 Å². The Kier molecular flexibility index (Phi) is 2.20. The van der Waals surface area contributed by atoms with Gasteiger partial charge in [-0.15, -0.1) is 0 Å². The van der Waals surface area contributed by atoms with E-state index in [0.29, 0.717) is 29.9 Å². The molecule has 1 aromatic heterocycles. The lowest BCUT2D eigenvalue weighted by molar-refractivity contribution is 0.0937. The molecule has 2 N–H and O–H groups in total. The molecule has 1 amide bonds. The van der Waals surface area contributed by atoms with Crippen molar-refractivity contribution in [3.05, 3.63) is 11.7 Å². The van der Waals surface area contributed by atoms with Gasteiger partial charge in [0.1, 0.15) is 0 Å². The summed E-state index contributed by atoms with van der Waals surface area (Å²) in [6, 6.07) is 1.37. The fourth-order valence-electron chi connectivity index (χ4n) is 3.05. The molecule has 6 nitrogen and oxygen atoms in total. The van der Waals surface area contributed by atoms with Gasteiger partial charge < -0.3 is 15.2 Å². The van der Waals surface area contributed by atoms with Crippen LogP contribution >= 0.6 is 0 Å². The van der Waals surface area contributed by atoms with Crippen molar-refractivity contribution in [2.75, 3.05) is 0 Å². The number of carbonyl (C=O) groups is 1. The summed E-state index contributed by atoms with van der Waals surface area (Å²) < 4.78 is 5.26. The molecule has 96 valence electrons. The third kappa shape index (κ3) is 1.71. The highest BCUT2D eigenvalue weighted by Crippen LogP contribution is 2.39. The number of hydrogen-bond donors (Lipinski definition) is 2. The first-order valence-electron chi connectivity index (χ1n) is 6.70. The van der Waals surface area contributed by atoms with E-state index < -0.39 is 0 Å². The lowest BCUT2D eigenvalue weighted by Gasteiger charge is -2.15. The molecule has 6 heteroatoms. The first-order valence-corrected chi connectivity index (χ1v) is 6.70. The van der Waals surface area contributed by atoms with Crippen LogP contribution in [0.4, 0.5) is 0 Å². The highest BCUT2D eigenvalue weighted by molar-refractivity contribution is 5.90. The first-order chi connectivity index (χ1) is 8.79. The molecule has 0 spiro atoms. The Labute approximate surface area is 105 Å². The van der Waals surface area contributed by atoms with E-state index in [1.165, 1.54) is 12.8 Å². The standard InChI is InChI=1S/C12H16N4O2/c17-11(14-6-1-2-6)10-15-12(18-16-10)8-5-7-3-4-9(8)13-7/h6-9,13H,1-5H2,(H,14,17). The van der Waals surface area contributed by atoms with E-state index in [1.807, 2.05) is 0 Å². The smallest absolute Gasteiger partial charge is 0.292 e. The summed E-state index contributed by atoms with van der Waals surface area (Å²) >= 11 is 0. The van der Waals surface area contributed by atoms with Gasteiger partial charge in [0.15, 0.2) is 0 Å². The van der Waals surface area contributed by atoms with Crippen molar-refractivity contribution < 1.29 is 9.32 Å². The molecule has 2 aliphatic heterocycles. The van der Waals surface area contributed by atoms with Crippen LogP contribution in [0.25, 0.3) is 0 Å². The largest absolute Gasteiger partial charge is 0.346 e. The zero-order valence-electron chi connectivity index (χ0n) is 10.1. The summed E-state index contributed by atoms with van der Waals surface area (Å²) in [5.74, 6) is 0.887. The van der Waals surface area contributed by atoms with Gasteiger partial charge in [-0.2, -0.15) is 4.98 Å². The number of carbonyl (C=O) groups excluding carboxylic acids is 1. The predicted octanol–water partition coefficient (Wildman–Crippen LogP) is 0.570. The summed E-state index contributed by atoms with van der Waals surface area (Å²) in [4.78, 5) is 16.0. The Hall–Kier alpha value is -1.43. The first kappa shape index (κ1) is 10.5. The minimum atomic E-state index is -0.205. The highest BCUT2D eigenvalue weighted by Gasteiger charge is 2.42. The molecule has 1 aromatic rings. The maximum absolute atomic E-state index is 11.8. The molecule has 1 aliphatic carbocycles. The van der Waals surface area contributed by atoms with E-state index >= 15 is 0 Å². The van der Waals surface area contributed by atoms with Crippen LogP contribution < -0.4 is 10.6 Å². The minimum absolute atomic E-state index is 0.180. The minimum Gasteiger partial charge on any atom is -0.346 e. The number of fused-ring (bicyclic) bond motifs is 2. The van der Waals surface area contributed by atoms with Gasteiger partial charge in [-0.3, -0.25) is 4.79 Å². The maximum Gasteiger partial charge on any atom is 0.292 e. The summed E-state index contributed by atoms with van der Waals surface area (Å²) in [5, 5.41) is 10.2. The van der Waals surface area contributed by atoms with Crippen molar-refractivity contribution in [3.8, 4) is 0 Å². The molecule has 0 radical (unpaired) electrons. The molecule has 3 fully saturated rings. The van der Waals surface area contributed by atoms with Crippen molar-refractivity contribution in [2.45, 2.75) is 56.1 Å². The third-order valence-electron chi connectivity index (χ3n) is 4.17. The number of nitrogens with zero attached hydrogens (tertiary/aromatic N) is 2. The summed E-state index contributed by atoms with van der Waals surface area (Å²) in [7, 11) is 0. The normalized spacial score (nSPS) is 33.9. The average Bonchev–Trinajstić information content (AvgIpc) is 2.88. The molecule has 18 heavy (non-hydrogen) atoms. The zero-order valence-corrected chi connectivity index (χ0v) is 10.1. The second kappa shape index (κ2) is 3.78. The van der Waals surface area contributed by atoms with Crippen LogP contribution in [0.15, 0.2) is 4.52 Å². The van der Waals surface area contributed by atoms with Crippen molar-refractivity contribution in [3.63, 3.8) is 0 Å². The van der Waals surface area contributed by atoms with E-state index in [2.05, 4.69) is 20.8 Å². The van der Waals surface area contributed by atoms with Gasteiger partial charge in [-0.1, -0.05) is 5.16 Å². The fourth-order valence-corrected chi connectivity index (χ4v) is 3.05. The topological polar surface area (TPSA) is 80.0 Å². The zero-order chi connectivity index (χ0) is 12.1. The lowest BCUT2D eigenvalue weighted by atomic mass is 9.89. The SMILES string of the molecule is O=C(NC1CC1)c1noc(C2CC3CCC2N3)n1. The molecular weight excluding hydrogens is 232 g/mol. The van der Waals surface area contributed by atoms with Crippen LogP contribution in [0.1, 0.15) is 54.5 Å². The molecule has 3 heterocycles. The predicted molar refractivity (Wildman–Crippen MR) is 62.1 cm³/mol. The van der Waals surface area contributed by atoms with Gasteiger partial charge in [0.05, 0.1) is 5.92 Å². The Balaban J connectivity index is 1.49. The molecule has 3 aliphatic rings. The molecule has 4 rings (SSSR count). The fraction of sp³-hybridized carbons (Fsp3) is 0.750. The van der Waals surface area contributed by atoms with Gasteiger partial charge in [0, 0.05) is 18.1 Å². The van der Waals surface area contributed by atoms with Crippen LogP contribution in [0.2, 0.25) is 0 Å². The summed E-state index contributed by atoms with van der Waals surface area (Å²) in [5.41, 5.74) is 0. The van der Waals surface area contributed by atoms with Crippen molar-refractivity contribution >= 4 is 5.91 Å². The Morgan fingerprint density at radius 1 is 1.33 bits per heavy atom. The molecular formula is C12H16N4O2. The van der Waals surface area contributed by atoms with Crippen molar-refractivity contribution in [1.29, 1.82) is 0 Å². The summed E-state index contributed by atoms with van der Waals surface area (Å²) in [6.07, 6.45) is 5.59. The Morgan fingerprint density at radius 3 is 2.89 bits per heavy atom. The van der Waals surface area contributed by atoms with Gasteiger partial charge in [0.2, 0.25) is 5.89 Å². The third-order valence-corrected chi connectivity index (χ3v) is 4.17. The highest BCUT2D eigenvalue weighted by atomic mass is 16.5. The molecule has 0 aromatic carbocycles. The van der Waals surface area contributed by atoms with E-state index in [9.17, 15) is 4.79 Å². The maximum atomic E-state index is 11.8. The van der Waals surface area contributed by atoms with Crippen LogP contribution in [0, 0.1) is 0 Å². The second-order valence-corrected chi connectivity index (χ2v) is 5.59. The van der Waals surface area contributed by atoms with Gasteiger partial charge in [-0.25, -0.2) is 0 Å². The van der Waals surface area contributed by atoms with Crippen LogP contribution in [0.3, 0.4) is 0 Å². The quantitative estimate of drug-likeness (QED) is 0.817. The van der Waals surface area contributed by atoms with Crippen LogP contribution in [-0.4, -0.2) is 34.2 Å². The monoisotopic (exact) mass is 248 g/mol. The second-order valence-electron chi connectivity index (χ2n) is 5.59. The molecule has 3 atom stereocenters. The van der Waals surface area contributed by atoms with E-state index in [4.69, 9.17) is 4.52 Å². The molecule has 2 bridgehead atoms. The lowest BCUT2D eigenvalue weighted by Crippen LogP contribution is -2.26. The van der Waals surface area contributed by atoms with Crippen molar-refractivity contribution in [1.82, 2.24) is 20.8 Å². The Morgan fingerprint density at radius 2 is 2.22 bits per heavy atom. The molecule has 1 saturated carbocycles. The van der Waals surface area contributed by atoms with Crippen molar-refractivity contribution in [2.24, 2.45) is 0 Å². The summed E-state index contributed by atoms with van der Waals surface area (Å²) in [6.45, 7) is 0. The van der Waals surface area contributed by atoms with E-state index in [1.54, 1.807) is 0 Å². The van der Waals surface area contributed by atoms with E-state index in [-0.39, 0.29) is 11.7 Å². The number of amides is 1. The Bertz CT molecular complexity index is 482. The molecule has 3 unspecified atom stereocenters. The number of aromatic nitrogens is 2.